The summed E-state index contributed by atoms with van der Waals surface area (Å²) < 4.78 is 20.7. The molecule has 1 aliphatic rings. The number of aryl methyl sites for hydroxylation is 1. The van der Waals surface area contributed by atoms with E-state index >= 15 is 0 Å². The lowest BCUT2D eigenvalue weighted by Crippen LogP contribution is -2.43. The van der Waals surface area contributed by atoms with E-state index in [-0.39, 0.29) is 5.91 Å². The van der Waals surface area contributed by atoms with Crippen molar-refractivity contribution in [3.05, 3.63) is 83.2 Å². The Bertz CT molecular complexity index is 1220. The third-order valence-corrected chi connectivity index (χ3v) is 5.65. The number of amides is 1. The highest BCUT2D eigenvalue weighted by Gasteiger charge is 2.34. The highest BCUT2D eigenvalue weighted by Crippen LogP contribution is 2.31. The van der Waals surface area contributed by atoms with Crippen LogP contribution in [-0.4, -0.2) is 45.1 Å². The van der Waals surface area contributed by atoms with Gasteiger partial charge in [-0.1, -0.05) is 18.2 Å². The maximum atomic E-state index is 13.3. The van der Waals surface area contributed by atoms with E-state index in [0.29, 0.717) is 36.3 Å². The quantitative estimate of drug-likeness (QED) is 0.572. The molecule has 3 aromatic rings. The van der Waals surface area contributed by atoms with Gasteiger partial charge in [-0.2, -0.15) is 0 Å². The molecule has 33 heavy (non-hydrogen) atoms. The first-order valence-corrected chi connectivity index (χ1v) is 10.6. The second kappa shape index (κ2) is 9.28. The average Bonchev–Trinajstić information content (AvgIpc) is 3.23. The number of rotatable bonds is 6. The fraction of sp³-hybridized carbons (Fsp3) is 0.240. The van der Waals surface area contributed by atoms with Crippen molar-refractivity contribution in [1.82, 2.24) is 14.5 Å². The van der Waals surface area contributed by atoms with Crippen molar-refractivity contribution in [3.8, 4) is 11.4 Å². The number of nitrogens with zero attached hydrogens (tertiary/aromatic N) is 3. The van der Waals surface area contributed by atoms with E-state index in [0.717, 1.165) is 16.9 Å². The predicted octanol–water partition coefficient (Wildman–Crippen LogP) is 4.16. The van der Waals surface area contributed by atoms with E-state index in [2.05, 4.69) is 4.98 Å². The predicted molar refractivity (Wildman–Crippen MR) is 121 cm³/mol. The van der Waals surface area contributed by atoms with Crippen molar-refractivity contribution in [2.24, 2.45) is 0 Å². The summed E-state index contributed by atoms with van der Waals surface area (Å²) in [4.78, 5) is 30.8. The summed E-state index contributed by atoms with van der Waals surface area (Å²) in [6, 6.07) is 9.62. The molecule has 1 unspecified atom stereocenters. The van der Waals surface area contributed by atoms with Crippen molar-refractivity contribution >= 4 is 18.0 Å². The molecule has 170 valence electrons. The molecule has 1 saturated heterocycles. The van der Waals surface area contributed by atoms with E-state index in [4.69, 9.17) is 4.74 Å². The molecule has 0 spiro atoms. The molecule has 1 aromatic heterocycles. The number of ether oxygens (including phenoxy) is 1. The van der Waals surface area contributed by atoms with Gasteiger partial charge in [0.2, 0.25) is 0 Å². The molecule has 1 fully saturated rings. The van der Waals surface area contributed by atoms with Crippen molar-refractivity contribution < 1.29 is 23.8 Å². The van der Waals surface area contributed by atoms with Gasteiger partial charge in [-0.15, -0.1) is 0 Å². The Morgan fingerprint density at radius 2 is 2.00 bits per heavy atom. The summed E-state index contributed by atoms with van der Waals surface area (Å²) in [6.45, 7) is 2.21. The largest absolute Gasteiger partial charge is 0.495 e. The fourth-order valence-electron chi connectivity index (χ4n) is 4.07. The zero-order valence-corrected chi connectivity index (χ0v) is 18.4. The van der Waals surface area contributed by atoms with Gasteiger partial charge in [-0.25, -0.2) is 14.2 Å². The summed E-state index contributed by atoms with van der Waals surface area (Å²) >= 11 is 0. The molecule has 4 rings (SSSR count). The zero-order chi connectivity index (χ0) is 23.5. The number of imidazole rings is 1. The average molecular weight is 449 g/mol. The molecule has 2 heterocycles. The Balaban J connectivity index is 1.64. The number of methoxy groups -OCH3 is 1. The maximum absolute atomic E-state index is 13.3. The topological polar surface area (TPSA) is 84.7 Å². The van der Waals surface area contributed by atoms with Gasteiger partial charge in [0, 0.05) is 18.3 Å². The van der Waals surface area contributed by atoms with Crippen LogP contribution >= 0.6 is 0 Å². The SMILES string of the molecule is COc1cc(/C=C2\CCCN(C(C(=O)O)c3ccc(F)cc3)C2=O)ccc1-n1cnc(C)c1. The van der Waals surface area contributed by atoms with E-state index in [9.17, 15) is 19.1 Å². The van der Waals surface area contributed by atoms with Crippen molar-refractivity contribution in [2.75, 3.05) is 13.7 Å². The van der Waals surface area contributed by atoms with E-state index < -0.39 is 17.8 Å². The molecule has 1 atom stereocenters. The molecule has 1 aliphatic heterocycles. The summed E-state index contributed by atoms with van der Waals surface area (Å²) in [5.74, 6) is -1.34. The second-order valence-corrected chi connectivity index (χ2v) is 7.92. The number of likely N-dealkylation sites (tertiary alicyclic amines) is 1. The molecule has 0 radical (unpaired) electrons. The van der Waals surface area contributed by atoms with E-state index in [1.807, 2.05) is 35.9 Å². The highest BCUT2D eigenvalue weighted by molar-refractivity contribution is 6.00. The number of aromatic nitrogens is 2. The van der Waals surface area contributed by atoms with Crippen molar-refractivity contribution in [2.45, 2.75) is 25.8 Å². The Hall–Kier alpha value is -3.94. The number of piperidine rings is 1. The Labute approximate surface area is 190 Å². The molecule has 7 nitrogen and oxygen atoms in total. The van der Waals surface area contributed by atoms with Gasteiger partial charge in [0.05, 0.1) is 24.8 Å². The minimum Gasteiger partial charge on any atom is -0.495 e. The number of hydrogen-bond donors (Lipinski definition) is 1. The smallest absolute Gasteiger partial charge is 0.331 e. The molecule has 1 amide bonds. The molecule has 0 saturated carbocycles. The van der Waals surface area contributed by atoms with E-state index in [1.54, 1.807) is 19.5 Å². The standard InChI is InChI=1S/C25H24FN3O4/c1-16-14-28(15-27-16)21-10-5-17(13-22(21)33-2)12-19-4-3-11-29(24(19)30)23(25(31)32)18-6-8-20(26)9-7-18/h5-10,12-15,23H,3-4,11H2,1-2H3,(H,31,32)/b19-12+. The summed E-state index contributed by atoms with van der Waals surface area (Å²) in [6.07, 6.45) is 6.53. The summed E-state index contributed by atoms with van der Waals surface area (Å²) in [5.41, 5.74) is 3.35. The molecule has 0 aliphatic carbocycles. The second-order valence-electron chi connectivity index (χ2n) is 7.92. The van der Waals surface area contributed by atoms with Crippen LogP contribution in [0.3, 0.4) is 0 Å². The first kappa shape index (κ1) is 22.3. The molecular weight excluding hydrogens is 425 g/mol. The minimum atomic E-state index is -1.18. The maximum Gasteiger partial charge on any atom is 0.331 e. The Morgan fingerprint density at radius 3 is 2.64 bits per heavy atom. The number of carbonyl (C=O) groups excluding carboxylic acids is 1. The van der Waals surface area contributed by atoms with Crippen LogP contribution in [0.2, 0.25) is 0 Å². The highest BCUT2D eigenvalue weighted by atomic mass is 19.1. The van der Waals surface area contributed by atoms with Gasteiger partial charge in [-0.3, -0.25) is 4.79 Å². The lowest BCUT2D eigenvalue weighted by atomic mass is 9.96. The van der Waals surface area contributed by atoms with Crippen LogP contribution in [0, 0.1) is 12.7 Å². The van der Waals surface area contributed by atoms with Crippen LogP contribution in [0.4, 0.5) is 4.39 Å². The fourth-order valence-corrected chi connectivity index (χ4v) is 4.07. The first-order chi connectivity index (χ1) is 15.9. The van der Waals surface area contributed by atoms with Crippen molar-refractivity contribution in [1.29, 1.82) is 0 Å². The monoisotopic (exact) mass is 449 g/mol. The van der Waals surface area contributed by atoms with Crippen LogP contribution in [0.25, 0.3) is 11.8 Å². The molecular formula is C25H24FN3O4. The number of carboxylic acids is 1. The number of carbonyl (C=O) groups is 2. The lowest BCUT2D eigenvalue weighted by molar-refractivity contribution is -0.150. The third kappa shape index (κ3) is 4.64. The zero-order valence-electron chi connectivity index (χ0n) is 18.4. The first-order valence-electron chi connectivity index (χ1n) is 10.6. The van der Waals surface area contributed by atoms with Gasteiger partial charge in [0.1, 0.15) is 11.6 Å². The molecule has 1 N–H and O–H groups in total. The minimum absolute atomic E-state index is 0.312. The number of hydrogen-bond acceptors (Lipinski definition) is 4. The van der Waals surface area contributed by atoms with Crippen LogP contribution in [-0.2, 0) is 9.59 Å². The van der Waals surface area contributed by atoms with Gasteiger partial charge in [0.25, 0.3) is 5.91 Å². The van der Waals surface area contributed by atoms with Crippen LogP contribution in [0.15, 0.2) is 60.6 Å². The van der Waals surface area contributed by atoms with Gasteiger partial charge in [-0.05, 0) is 61.2 Å². The Morgan fingerprint density at radius 1 is 1.24 bits per heavy atom. The molecule has 8 heteroatoms. The van der Waals surface area contributed by atoms with Crippen molar-refractivity contribution in [3.63, 3.8) is 0 Å². The summed E-state index contributed by atoms with van der Waals surface area (Å²) in [7, 11) is 1.58. The van der Waals surface area contributed by atoms with Crippen LogP contribution in [0.1, 0.15) is 35.7 Å². The molecule has 0 bridgehead atoms. The van der Waals surface area contributed by atoms with Gasteiger partial charge < -0.3 is 19.3 Å². The normalized spacial score (nSPS) is 16.2. The number of carboxylic acid groups (broad SMARTS) is 1. The lowest BCUT2D eigenvalue weighted by Gasteiger charge is -2.33. The molecule has 2 aromatic carbocycles. The third-order valence-electron chi connectivity index (χ3n) is 5.65. The summed E-state index contributed by atoms with van der Waals surface area (Å²) in [5, 5.41) is 9.82. The van der Waals surface area contributed by atoms with Crippen LogP contribution < -0.4 is 4.74 Å². The van der Waals surface area contributed by atoms with Gasteiger partial charge in [0.15, 0.2) is 6.04 Å². The number of halogens is 1. The number of aliphatic carboxylic acids is 1. The van der Waals surface area contributed by atoms with Gasteiger partial charge >= 0.3 is 5.97 Å². The Kier molecular flexibility index (Phi) is 6.26. The van der Waals surface area contributed by atoms with E-state index in [1.165, 1.54) is 29.2 Å². The number of benzene rings is 2. The van der Waals surface area contributed by atoms with Crippen LogP contribution in [0.5, 0.6) is 5.75 Å².